The Hall–Kier alpha value is -4.92. The Labute approximate surface area is 244 Å². The maximum absolute atomic E-state index is 13.6. The lowest BCUT2D eigenvalue weighted by atomic mass is 9.93. The molecule has 1 N–H and O–H groups in total. The number of rotatable bonds is 16. The van der Waals surface area contributed by atoms with Crippen LogP contribution in [0, 0.1) is 0 Å². The number of hydrogen-bond donors (Lipinski definition) is 1. The van der Waals surface area contributed by atoms with E-state index < -0.39 is 23.9 Å². The molecule has 0 saturated carbocycles. The van der Waals surface area contributed by atoms with Gasteiger partial charge in [-0.15, -0.1) is 0 Å². The van der Waals surface area contributed by atoms with Crippen LogP contribution in [0.2, 0.25) is 0 Å². The monoisotopic (exact) mass is 574 g/mol. The van der Waals surface area contributed by atoms with Crippen LogP contribution in [0.4, 0.5) is 0 Å². The van der Waals surface area contributed by atoms with Crippen LogP contribution >= 0.6 is 0 Å². The van der Waals surface area contributed by atoms with Gasteiger partial charge in [0.25, 0.3) is 0 Å². The summed E-state index contributed by atoms with van der Waals surface area (Å²) in [6, 6.07) is 17.5. The fourth-order valence-electron chi connectivity index (χ4n) is 4.06. The van der Waals surface area contributed by atoms with Crippen LogP contribution in [0.15, 0.2) is 79.4 Å². The molecule has 220 valence electrons. The molecule has 0 spiro atoms. The van der Waals surface area contributed by atoms with E-state index in [0.29, 0.717) is 43.6 Å². The number of carboxylic acids is 1. The summed E-state index contributed by atoms with van der Waals surface area (Å²) in [4.78, 5) is 49.0. The van der Waals surface area contributed by atoms with E-state index in [2.05, 4.69) is 6.58 Å². The van der Waals surface area contributed by atoms with E-state index in [1.165, 1.54) is 36.4 Å². The minimum atomic E-state index is -1.21. The van der Waals surface area contributed by atoms with Crippen molar-refractivity contribution in [2.75, 3.05) is 19.8 Å². The Bertz CT molecular complexity index is 1380. The second-order valence-corrected chi connectivity index (χ2v) is 9.22. The first-order valence-corrected chi connectivity index (χ1v) is 13.7. The molecule has 0 bridgehead atoms. The van der Waals surface area contributed by atoms with E-state index in [9.17, 15) is 24.3 Å². The summed E-state index contributed by atoms with van der Waals surface area (Å²) in [6.45, 7) is 6.12. The van der Waals surface area contributed by atoms with Crippen LogP contribution in [0.3, 0.4) is 0 Å². The topological polar surface area (TPSA) is 125 Å². The average Bonchev–Trinajstić information content (AvgIpc) is 3.01. The molecular weight excluding hydrogens is 540 g/mol. The zero-order valence-electron chi connectivity index (χ0n) is 23.5. The third kappa shape index (κ3) is 9.05. The van der Waals surface area contributed by atoms with E-state index in [4.69, 9.17) is 18.9 Å². The summed E-state index contributed by atoms with van der Waals surface area (Å²) in [5.41, 5.74) is 0.890. The highest BCUT2D eigenvalue weighted by Crippen LogP contribution is 2.35. The Balaban J connectivity index is 1.82. The van der Waals surface area contributed by atoms with Crippen molar-refractivity contribution in [3.8, 4) is 22.6 Å². The van der Waals surface area contributed by atoms with Gasteiger partial charge in [-0.1, -0.05) is 43.8 Å². The van der Waals surface area contributed by atoms with Crippen molar-refractivity contribution >= 4 is 23.9 Å². The first kappa shape index (κ1) is 31.6. The van der Waals surface area contributed by atoms with Crippen molar-refractivity contribution in [3.63, 3.8) is 0 Å². The standard InChI is InChI=1S/C33H34O9/c1-3-20-41-32(37)24-14-16-25(17-15-24)42-33(38)30-27(39-21-10-5-6-11-22-40-28(34)4-2)19-18-26(31(35)36)29(30)23-12-8-7-9-13-23/h4,7-9,12-19H,2-3,5-6,10-11,20-22H2,1H3,(H,35,36). The van der Waals surface area contributed by atoms with Crippen LogP contribution in [0.5, 0.6) is 11.5 Å². The van der Waals surface area contributed by atoms with Gasteiger partial charge in [-0.2, -0.15) is 0 Å². The lowest BCUT2D eigenvalue weighted by Crippen LogP contribution is -2.16. The van der Waals surface area contributed by atoms with Gasteiger partial charge in [-0.05, 0) is 74.1 Å². The van der Waals surface area contributed by atoms with Crippen molar-refractivity contribution in [1.29, 1.82) is 0 Å². The second kappa shape index (κ2) is 16.4. The molecule has 9 nitrogen and oxygen atoms in total. The molecule has 0 saturated heterocycles. The minimum Gasteiger partial charge on any atom is -0.493 e. The van der Waals surface area contributed by atoms with Crippen LogP contribution < -0.4 is 9.47 Å². The highest BCUT2D eigenvalue weighted by Gasteiger charge is 2.26. The summed E-state index contributed by atoms with van der Waals surface area (Å²) in [6.07, 6.45) is 4.75. The van der Waals surface area contributed by atoms with Crippen molar-refractivity contribution in [2.45, 2.75) is 39.0 Å². The maximum atomic E-state index is 13.6. The average molecular weight is 575 g/mol. The van der Waals surface area contributed by atoms with E-state index >= 15 is 0 Å². The van der Waals surface area contributed by atoms with Gasteiger partial charge in [0, 0.05) is 11.6 Å². The highest BCUT2D eigenvalue weighted by atomic mass is 16.5. The predicted octanol–water partition coefficient (Wildman–Crippen LogP) is 6.51. The summed E-state index contributed by atoms with van der Waals surface area (Å²) >= 11 is 0. The Morgan fingerprint density at radius 3 is 2.12 bits per heavy atom. The molecule has 3 aromatic rings. The van der Waals surface area contributed by atoms with Gasteiger partial charge in [0.15, 0.2) is 0 Å². The lowest BCUT2D eigenvalue weighted by molar-refractivity contribution is -0.137. The molecule has 9 heteroatoms. The van der Waals surface area contributed by atoms with Gasteiger partial charge in [0.1, 0.15) is 17.1 Å². The minimum absolute atomic E-state index is 0.0242. The number of esters is 3. The summed E-state index contributed by atoms with van der Waals surface area (Å²) in [5, 5.41) is 9.95. The number of carbonyl (C=O) groups is 4. The Kier molecular flexibility index (Phi) is 12.3. The zero-order valence-corrected chi connectivity index (χ0v) is 23.5. The van der Waals surface area contributed by atoms with Gasteiger partial charge in [0.05, 0.1) is 30.9 Å². The van der Waals surface area contributed by atoms with Crippen LogP contribution in [0.1, 0.15) is 70.1 Å². The van der Waals surface area contributed by atoms with Gasteiger partial charge >= 0.3 is 23.9 Å². The molecule has 3 aromatic carbocycles. The molecule has 0 aromatic heterocycles. The fraction of sp³-hybridized carbons (Fsp3) is 0.273. The maximum Gasteiger partial charge on any atom is 0.347 e. The Morgan fingerprint density at radius 1 is 0.786 bits per heavy atom. The summed E-state index contributed by atoms with van der Waals surface area (Å²) in [5.74, 6) is -2.61. The van der Waals surface area contributed by atoms with Crippen molar-refractivity contribution < 1.29 is 43.2 Å². The molecule has 0 atom stereocenters. The third-order valence-electron chi connectivity index (χ3n) is 6.11. The summed E-state index contributed by atoms with van der Waals surface area (Å²) in [7, 11) is 0. The molecule has 0 aliphatic rings. The first-order valence-electron chi connectivity index (χ1n) is 13.7. The van der Waals surface area contributed by atoms with Crippen molar-refractivity contribution in [1.82, 2.24) is 0 Å². The van der Waals surface area contributed by atoms with Gasteiger partial charge < -0.3 is 24.1 Å². The number of hydrogen-bond acceptors (Lipinski definition) is 8. The number of aromatic carboxylic acids is 1. The predicted molar refractivity (Wildman–Crippen MR) is 156 cm³/mol. The fourth-order valence-corrected chi connectivity index (χ4v) is 4.06. The largest absolute Gasteiger partial charge is 0.493 e. The van der Waals surface area contributed by atoms with Crippen LogP contribution in [0.25, 0.3) is 11.1 Å². The first-order chi connectivity index (χ1) is 20.3. The number of ether oxygens (including phenoxy) is 4. The van der Waals surface area contributed by atoms with Crippen molar-refractivity contribution in [2.24, 2.45) is 0 Å². The Morgan fingerprint density at radius 2 is 1.48 bits per heavy atom. The third-order valence-corrected chi connectivity index (χ3v) is 6.11. The van der Waals surface area contributed by atoms with Gasteiger partial charge in [0.2, 0.25) is 0 Å². The van der Waals surface area contributed by atoms with Crippen LogP contribution in [-0.4, -0.2) is 48.8 Å². The normalized spacial score (nSPS) is 10.4. The van der Waals surface area contributed by atoms with Crippen molar-refractivity contribution in [3.05, 3.63) is 96.1 Å². The van der Waals surface area contributed by atoms with E-state index in [0.717, 1.165) is 18.9 Å². The SMILES string of the molecule is C=CC(=O)OCCCCCCOc1ccc(C(=O)O)c(-c2ccccc2)c1C(=O)Oc1ccc(C(=O)OCCC)cc1. The van der Waals surface area contributed by atoms with E-state index in [1.54, 1.807) is 30.3 Å². The molecule has 0 aliphatic heterocycles. The number of benzene rings is 3. The lowest BCUT2D eigenvalue weighted by Gasteiger charge is -2.17. The number of carbonyl (C=O) groups excluding carboxylic acids is 3. The quantitative estimate of drug-likeness (QED) is 0.0882. The highest BCUT2D eigenvalue weighted by molar-refractivity contribution is 6.08. The molecule has 0 radical (unpaired) electrons. The molecule has 0 fully saturated rings. The van der Waals surface area contributed by atoms with E-state index in [-0.39, 0.29) is 34.8 Å². The number of unbranched alkanes of at least 4 members (excludes halogenated alkanes) is 3. The van der Waals surface area contributed by atoms with Gasteiger partial charge in [-0.3, -0.25) is 0 Å². The number of carboxylic acid groups (broad SMARTS) is 1. The van der Waals surface area contributed by atoms with Crippen LogP contribution in [-0.2, 0) is 14.3 Å². The molecule has 0 aliphatic carbocycles. The molecular formula is C33H34O9. The second-order valence-electron chi connectivity index (χ2n) is 9.22. The smallest absolute Gasteiger partial charge is 0.347 e. The molecule has 0 amide bonds. The van der Waals surface area contributed by atoms with E-state index in [1.807, 2.05) is 6.92 Å². The van der Waals surface area contributed by atoms with Gasteiger partial charge in [-0.25, -0.2) is 19.2 Å². The molecule has 0 unspecified atom stereocenters. The molecule has 0 heterocycles. The molecule has 42 heavy (non-hydrogen) atoms. The summed E-state index contributed by atoms with van der Waals surface area (Å²) < 4.78 is 21.7. The zero-order chi connectivity index (χ0) is 30.3. The molecule has 3 rings (SSSR count).